The molecule has 1 saturated heterocycles. The number of urea groups is 1. The van der Waals surface area contributed by atoms with Crippen molar-refractivity contribution in [2.24, 2.45) is 0 Å². The first-order valence-electron chi connectivity index (χ1n) is 13.4. The molecule has 1 aromatic heterocycles. The van der Waals surface area contributed by atoms with Gasteiger partial charge in [0.1, 0.15) is 5.82 Å². The summed E-state index contributed by atoms with van der Waals surface area (Å²) in [4.78, 5) is 39.0. The van der Waals surface area contributed by atoms with Crippen LogP contribution < -0.4 is 20.9 Å². The number of hydrogen-bond donors (Lipinski definition) is 3. The molecule has 1 saturated carbocycles. The second kappa shape index (κ2) is 11.4. The Morgan fingerprint density at radius 2 is 1.95 bits per heavy atom. The standard InChI is InChI=1S/C27H37N7O3/c1-3-28-27(36)30-21-9-7-19(8-10-21)25-31-23-15-33(16-24(35)29-20-5-4-6-20)12-11-22(23)26(32-25)34-13-14-37-17-18(34)2/h7-10,18,20H,3-6,11-17H2,1-2H3,(H,29,35)(H2,28,30,36). The van der Waals surface area contributed by atoms with Gasteiger partial charge in [-0.1, -0.05) is 0 Å². The highest BCUT2D eigenvalue weighted by atomic mass is 16.5. The van der Waals surface area contributed by atoms with Crippen LogP contribution in [0.5, 0.6) is 0 Å². The first kappa shape index (κ1) is 25.4. The normalized spacial score (nSPS) is 20.1. The lowest BCUT2D eigenvalue weighted by atomic mass is 9.93. The van der Waals surface area contributed by atoms with E-state index in [1.54, 1.807) is 0 Å². The fourth-order valence-electron chi connectivity index (χ4n) is 5.08. The quantitative estimate of drug-likeness (QED) is 0.528. The van der Waals surface area contributed by atoms with Crippen LogP contribution in [0.2, 0.25) is 0 Å². The zero-order valence-corrected chi connectivity index (χ0v) is 21.8. The zero-order chi connectivity index (χ0) is 25.8. The van der Waals surface area contributed by atoms with Crippen molar-refractivity contribution in [1.82, 2.24) is 25.5 Å². The highest BCUT2D eigenvalue weighted by Gasteiger charge is 2.30. The van der Waals surface area contributed by atoms with Crippen LogP contribution in [0.3, 0.4) is 0 Å². The largest absolute Gasteiger partial charge is 0.377 e. The summed E-state index contributed by atoms with van der Waals surface area (Å²) < 4.78 is 5.68. The number of ether oxygens (including phenoxy) is 1. The summed E-state index contributed by atoms with van der Waals surface area (Å²) in [6, 6.07) is 7.92. The summed E-state index contributed by atoms with van der Waals surface area (Å²) in [7, 11) is 0. The summed E-state index contributed by atoms with van der Waals surface area (Å²) >= 11 is 0. The number of morpholine rings is 1. The molecule has 3 amide bonds. The van der Waals surface area contributed by atoms with Crippen LogP contribution in [0, 0.1) is 0 Å². The van der Waals surface area contributed by atoms with Crippen molar-refractivity contribution in [3.05, 3.63) is 35.5 Å². The zero-order valence-electron chi connectivity index (χ0n) is 21.8. The van der Waals surface area contributed by atoms with E-state index in [0.29, 0.717) is 50.4 Å². The predicted octanol–water partition coefficient (Wildman–Crippen LogP) is 2.54. The van der Waals surface area contributed by atoms with E-state index >= 15 is 0 Å². The lowest BCUT2D eigenvalue weighted by molar-refractivity contribution is -0.123. The molecule has 3 heterocycles. The molecule has 3 aliphatic rings. The smallest absolute Gasteiger partial charge is 0.319 e. The minimum Gasteiger partial charge on any atom is -0.377 e. The van der Waals surface area contributed by atoms with E-state index in [1.165, 1.54) is 12.0 Å². The van der Waals surface area contributed by atoms with Gasteiger partial charge in [-0.05, 0) is 63.8 Å². The summed E-state index contributed by atoms with van der Waals surface area (Å²) in [5.41, 5.74) is 3.73. The molecular weight excluding hydrogens is 470 g/mol. The molecule has 0 bridgehead atoms. The molecule has 1 atom stereocenters. The molecule has 1 aliphatic carbocycles. The average Bonchev–Trinajstić information content (AvgIpc) is 2.86. The number of anilines is 2. The Morgan fingerprint density at radius 3 is 2.65 bits per heavy atom. The number of fused-ring (bicyclic) bond motifs is 1. The topological polar surface area (TPSA) is 112 Å². The lowest BCUT2D eigenvalue weighted by Gasteiger charge is -2.38. The van der Waals surface area contributed by atoms with Crippen molar-refractivity contribution in [3.8, 4) is 11.4 Å². The number of carbonyl (C=O) groups is 2. The molecule has 198 valence electrons. The van der Waals surface area contributed by atoms with Gasteiger partial charge in [0, 0.05) is 49.0 Å². The molecule has 10 nitrogen and oxygen atoms in total. The van der Waals surface area contributed by atoms with Crippen molar-refractivity contribution in [2.75, 3.05) is 49.6 Å². The molecule has 37 heavy (non-hydrogen) atoms. The maximum atomic E-state index is 12.6. The van der Waals surface area contributed by atoms with Gasteiger partial charge in [-0.3, -0.25) is 9.69 Å². The van der Waals surface area contributed by atoms with Gasteiger partial charge in [-0.2, -0.15) is 0 Å². The van der Waals surface area contributed by atoms with Crippen LogP contribution in [-0.4, -0.2) is 78.3 Å². The van der Waals surface area contributed by atoms with E-state index in [4.69, 9.17) is 14.7 Å². The molecule has 1 unspecified atom stereocenters. The number of benzene rings is 1. The number of nitrogens with zero attached hydrogens (tertiary/aromatic N) is 4. The fourth-order valence-corrected chi connectivity index (χ4v) is 5.08. The van der Waals surface area contributed by atoms with Crippen LogP contribution in [0.4, 0.5) is 16.3 Å². The summed E-state index contributed by atoms with van der Waals surface area (Å²) in [6.45, 7) is 8.54. The van der Waals surface area contributed by atoms with E-state index in [0.717, 1.165) is 49.4 Å². The van der Waals surface area contributed by atoms with Crippen LogP contribution >= 0.6 is 0 Å². The third-order valence-corrected chi connectivity index (χ3v) is 7.34. The predicted molar refractivity (Wildman–Crippen MR) is 143 cm³/mol. The van der Waals surface area contributed by atoms with Crippen LogP contribution in [-0.2, 0) is 22.5 Å². The van der Waals surface area contributed by atoms with Gasteiger partial charge in [0.15, 0.2) is 5.82 Å². The Balaban J connectivity index is 1.40. The number of nitrogens with one attached hydrogen (secondary N) is 3. The maximum Gasteiger partial charge on any atom is 0.319 e. The van der Waals surface area contributed by atoms with Crippen LogP contribution in [0.1, 0.15) is 44.4 Å². The Labute approximate surface area is 218 Å². The molecule has 2 aromatic rings. The number of hydrogen-bond acceptors (Lipinski definition) is 7. The summed E-state index contributed by atoms with van der Waals surface area (Å²) in [5, 5.41) is 8.71. The van der Waals surface area contributed by atoms with Gasteiger partial charge in [0.2, 0.25) is 5.91 Å². The Hall–Kier alpha value is -3.24. The van der Waals surface area contributed by atoms with Gasteiger partial charge < -0.3 is 25.6 Å². The minimum atomic E-state index is -0.231. The number of amides is 3. The molecule has 1 aromatic carbocycles. The molecule has 0 radical (unpaired) electrons. The van der Waals surface area contributed by atoms with Gasteiger partial charge in [0.25, 0.3) is 0 Å². The second-order valence-electron chi connectivity index (χ2n) is 10.1. The highest BCUT2D eigenvalue weighted by molar-refractivity contribution is 5.89. The molecule has 2 fully saturated rings. The number of aromatic nitrogens is 2. The van der Waals surface area contributed by atoms with Crippen molar-refractivity contribution >= 4 is 23.4 Å². The third kappa shape index (κ3) is 6.02. The van der Waals surface area contributed by atoms with E-state index in [2.05, 4.69) is 32.7 Å². The number of carbonyl (C=O) groups excluding carboxylic acids is 2. The molecular formula is C27H37N7O3. The van der Waals surface area contributed by atoms with Crippen molar-refractivity contribution < 1.29 is 14.3 Å². The monoisotopic (exact) mass is 507 g/mol. The fraction of sp³-hybridized carbons (Fsp3) is 0.556. The number of rotatable bonds is 7. The van der Waals surface area contributed by atoms with Gasteiger partial charge in [-0.25, -0.2) is 14.8 Å². The van der Waals surface area contributed by atoms with E-state index in [9.17, 15) is 9.59 Å². The molecule has 0 spiro atoms. The average molecular weight is 508 g/mol. The van der Waals surface area contributed by atoms with Crippen LogP contribution in [0.25, 0.3) is 11.4 Å². The van der Waals surface area contributed by atoms with Gasteiger partial charge in [-0.15, -0.1) is 0 Å². The van der Waals surface area contributed by atoms with Crippen molar-refractivity contribution in [3.63, 3.8) is 0 Å². The van der Waals surface area contributed by atoms with E-state index < -0.39 is 0 Å². The van der Waals surface area contributed by atoms with Crippen molar-refractivity contribution in [2.45, 2.75) is 58.2 Å². The second-order valence-corrected chi connectivity index (χ2v) is 10.1. The van der Waals surface area contributed by atoms with E-state index in [-0.39, 0.29) is 18.0 Å². The Bertz CT molecular complexity index is 1120. The molecule has 5 rings (SSSR count). The summed E-state index contributed by atoms with van der Waals surface area (Å²) in [6.07, 6.45) is 4.18. The van der Waals surface area contributed by atoms with Crippen LogP contribution in [0.15, 0.2) is 24.3 Å². The van der Waals surface area contributed by atoms with Crippen molar-refractivity contribution in [1.29, 1.82) is 0 Å². The molecule has 2 aliphatic heterocycles. The molecule has 10 heteroatoms. The first-order valence-corrected chi connectivity index (χ1v) is 13.4. The molecule has 3 N–H and O–H groups in total. The third-order valence-electron chi connectivity index (χ3n) is 7.34. The Kier molecular flexibility index (Phi) is 7.85. The highest BCUT2D eigenvalue weighted by Crippen LogP contribution is 2.31. The van der Waals surface area contributed by atoms with E-state index in [1.807, 2.05) is 31.2 Å². The maximum absolute atomic E-state index is 12.6. The lowest BCUT2D eigenvalue weighted by Crippen LogP contribution is -2.47. The first-order chi connectivity index (χ1) is 18.0. The van der Waals surface area contributed by atoms with Gasteiger partial charge >= 0.3 is 6.03 Å². The Morgan fingerprint density at radius 1 is 1.14 bits per heavy atom. The summed E-state index contributed by atoms with van der Waals surface area (Å²) in [5.74, 6) is 1.72. The SMILES string of the molecule is CCNC(=O)Nc1ccc(-c2nc3c(c(N4CCOCC4C)n2)CCN(CC(=O)NC2CCC2)C3)cc1. The minimum absolute atomic E-state index is 0.0969. The van der Waals surface area contributed by atoms with Gasteiger partial charge in [0.05, 0.1) is 31.5 Å².